The zero-order chi connectivity index (χ0) is 22.0. The van der Waals surface area contributed by atoms with Crippen LogP contribution in [0.1, 0.15) is 69.8 Å². The van der Waals surface area contributed by atoms with E-state index in [0.29, 0.717) is 24.4 Å². The van der Waals surface area contributed by atoms with Crippen molar-refractivity contribution in [3.05, 3.63) is 35.8 Å². The molecule has 2 aromatic rings. The molecule has 0 spiro atoms. The van der Waals surface area contributed by atoms with Crippen LogP contribution in [0.2, 0.25) is 0 Å². The molecule has 2 fully saturated rings. The molecule has 31 heavy (non-hydrogen) atoms. The van der Waals surface area contributed by atoms with E-state index < -0.39 is 5.60 Å². The molecule has 0 bridgehead atoms. The third-order valence-electron chi connectivity index (χ3n) is 6.05. The number of carbonyl (C=O) groups excluding carboxylic acids is 1. The molecule has 1 N–H and O–H groups in total. The third-order valence-corrected chi connectivity index (χ3v) is 6.05. The Morgan fingerprint density at radius 1 is 1.26 bits per heavy atom. The molecule has 7 nitrogen and oxygen atoms in total. The first-order valence-corrected chi connectivity index (χ1v) is 11.4. The summed E-state index contributed by atoms with van der Waals surface area (Å²) in [5, 5.41) is 7.95. The molecule has 2 aliphatic rings. The minimum Gasteiger partial charge on any atom is -0.444 e. The maximum absolute atomic E-state index is 11.9. The SMILES string of the molecule is Cc1cccc(-c2cn(C3CC(CNC(=O)OC(C)(C)C)C3)nc2C2CCOCC2)n1. The fraction of sp³-hybridized carbons (Fsp3) is 0.625. The number of amides is 1. The van der Waals surface area contributed by atoms with Crippen molar-refractivity contribution in [1.29, 1.82) is 0 Å². The second kappa shape index (κ2) is 8.99. The van der Waals surface area contributed by atoms with Gasteiger partial charge in [0.2, 0.25) is 0 Å². The molecule has 0 aromatic carbocycles. The van der Waals surface area contributed by atoms with Crippen LogP contribution in [-0.2, 0) is 9.47 Å². The van der Waals surface area contributed by atoms with E-state index in [0.717, 1.165) is 61.5 Å². The maximum atomic E-state index is 11.9. The number of alkyl carbamates (subject to hydrolysis) is 1. The molecule has 1 amide bonds. The Bertz CT molecular complexity index is 906. The van der Waals surface area contributed by atoms with Crippen LogP contribution in [0.15, 0.2) is 24.4 Å². The lowest BCUT2D eigenvalue weighted by molar-refractivity contribution is 0.0497. The van der Waals surface area contributed by atoms with Crippen molar-refractivity contribution in [2.45, 2.75) is 70.9 Å². The number of rotatable bonds is 5. The number of aryl methyl sites for hydroxylation is 1. The average molecular weight is 427 g/mol. The van der Waals surface area contributed by atoms with Gasteiger partial charge in [0.25, 0.3) is 0 Å². The predicted octanol–water partition coefficient (Wildman–Crippen LogP) is 4.62. The number of pyridine rings is 1. The van der Waals surface area contributed by atoms with Crippen LogP contribution in [0.25, 0.3) is 11.3 Å². The molecule has 168 valence electrons. The third kappa shape index (κ3) is 5.45. The second-order valence-corrected chi connectivity index (χ2v) is 9.83. The van der Waals surface area contributed by atoms with Crippen LogP contribution >= 0.6 is 0 Å². The fourth-order valence-electron chi connectivity index (χ4n) is 4.38. The summed E-state index contributed by atoms with van der Waals surface area (Å²) in [5.74, 6) is 0.866. The molecule has 2 aromatic heterocycles. The first kappa shape index (κ1) is 21.8. The van der Waals surface area contributed by atoms with Crippen molar-refractivity contribution >= 4 is 6.09 Å². The highest BCUT2D eigenvalue weighted by molar-refractivity contribution is 5.67. The normalized spacial score (nSPS) is 22.1. The van der Waals surface area contributed by atoms with Crippen molar-refractivity contribution in [3.8, 4) is 11.3 Å². The van der Waals surface area contributed by atoms with Crippen molar-refractivity contribution in [3.63, 3.8) is 0 Å². The average Bonchev–Trinajstić information content (AvgIpc) is 3.11. The molecular weight excluding hydrogens is 392 g/mol. The Labute approximate surface area is 184 Å². The van der Waals surface area contributed by atoms with E-state index >= 15 is 0 Å². The number of hydrogen-bond donors (Lipinski definition) is 1. The van der Waals surface area contributed by atoms with Gasteiger partial charge in [-0.25, -0.2) is 4.79 Å². The largest absolute Gasteiger partial charge is 0.444 e. The summed E-state index contributed by atoms with van der Waals surface area (Å²) in [6.45, 7) is 9.88. The lowest BCUT2D eigenvalue weighted by Gasteiger charge is -2.35. The number of nitrogens with one attached hydrogen (secondary N) is 1. The summed E-state index contributed by atoms with van der Waals surface area (Å²) in [6.07, 6.45) is 5.85. The van der Waals surface area contributed by atoms with E-state index in [1.807, 2.05) is 33.8 Å². The van der Waals surface area contributed by atoms with Gasteiger partial charge in [0.1, 0.15) is 5.60 Å². The van der Waals surface area contributed by atoms with Gasteiger partial charge in [-0.1, -0.05) is 6.07 Å². The number of nitrogens with zero attached hydrogens (tertiary/aromatic N) is 3. The van der Waals surface area contributed by atoms with Crippen LogP contribution in [0.4, 0.5) is 4.79 Å². The standard InChI is InChI=1S/C24H34N4O3/c1-16-6-5-7-21(26-16)20-15-28(27-22(20)18-8-10-30-11-9-18)19-12-17(13-19)14-25-23(29)31-24(2,3)4/h5-7,15,17-19H,8-14H2,1-4H3,(H,25,29). The van der Waals surface area contributed by atoms with Crippen LogP contribution in [0.5, 0.6) is 0 Å². The Morgan fingerprint density at radius 3 is 2.68 bits per heavy atom. The van der Waals surface area contributed by atoms with Gasteiger partial charge in [-0.3, -0.25) is 9.67 Å². The molecule has 1 aliphatic carbocycles. The summed E-state index contributed by atoms with van der Waals surface area (Å²) in [5.41, 5.74) is 3.83. The number of hydrogen-bond acceptors (Lipinski definition) is 5. The summed E-state index contributed by atoms with van der Waals surface area (Å²) in [6, 6.07) is 6.52. The van der Waals surface area contributed by atoms with Crippen LogP contribution in [-0.4, -0.2) is 46.2 Å². The minimum absolute atomic E-state index is 0.343. The summed E-state index contributed by atoms with van der Waals surface area (Å²) < 4.78 is 13.0. The van der Waals surface area contributed by atoms with Gasteiger partial charge in [-0.2, -0.15) is 5.10 Å². The van der Waals surface area contributed by atoms with Crippen molar-refractivity contribution < 1.29 is 14.3 Å². The monoisotopic (exact) mass is 426 g/mol. The number of ether oxygens (including phenoxy) is 2. The van der Waals surface area contributed by atoms with Crippen molar-refractivity contribution in [2.24, 2.45) is 5.92 Å². The van der Waals surface area contributed by atoms with E-state index in [-0.39, 0.29) is 6.09 Å². The van der Waals surface area contributed by atoms with Gasteiger partial charge in [0.15, 0.2) is 0 Å². The Morgan fingerprint density at radius 2 is 2.00 bits per heavy atom. The van der Waals surface area contributed by atoms with Crippen LogP contribution in [0, 0.1) is 12.8 Å². The number of aromatic nitrogens is 3. The lowest BCUT2D eigenvalue weighted by atomic mass is 9.80. The Kier molecular flexibility index (Phi) is 6.32. The molecule has 0 atom stereocenters. The Balaban J connectivity index is 1.43. The van der Waals surface area contributed by atoms with E-state index in [2.05, 4.69) is 28.3 Å². The van der Waals surface area contributed by atoms with Crippen molar-refractivity contribution in [1.82, 2.24) is 20.1 Å². The van der Waals surface area contributed by atoms with E-state index in [4.69, 9.17) is 19.6 Å². The molecule has 1 aliphatic heterocycles. The van der Waals surface area contributed by atoms with E-state index in [1.54, 1.807) is 0 Å². The molecule has 1 saturated heterocycles. The van der Waals surface area contributed by atoms with Gasteiger partial charge in [-0.05, 0) is 71.4 Å². The highest BCUT2D eigenvalue weighted by atomic mass is 16.6. The maximum Gasteiger partial charge on any atom is 0.407 e. The second-order valence-electron chi connectivity index (χ2n) is 9.83. The van der Waals surface area contributed by atoms with Gasteiger partial charge in [0, 0.05) is 43.1 Å². The van der Waals surface area contributed by atoms with Gasteiger partial charge in [-0.15, -0.1) is 0 Å². The number of carbonyl (C=O) groups is 1. The Hall–Kier alpha value is -2.41. The molecule has 0 radical (unpaired) electrons. The van der Waals surface area contributed by atoms with Crippen LogP contribution in [0.3, 0.4) is 0 Å². The zero-order valence-electron chi connectivity index (χ0n) is 19.1. The molecule has 1 saturated carbocycles. The topological polar surface area (TPSA) is 78.3 Å². The first-order valence-electron chi connectivity index (χ1n) is 11.4. The van der Waals surface area contributed by atoms with Gasteiger partial charge in [0.05, 0.1) is 17.4 Å². The van der Waals surface area contributed by atoms with Gasteiger partial charge < -0.3 is 14.8 Å². The minimum atomic E-state index is -0.470. The van der Waals surface area contributed by atoms with E-state index in [9.17, 15) is 4.79 Å². The van der Waals surface area contributed by atoms with E-state index in [1.165, 1.54) is 0 Å². The molecule has 3 heterocycles. The van der Waals surface area contributed by atoms with Crippen LogP contribution < -0.4 is 5.32 Å². The molecule has 7 heteroatoms. The fourth-order valence-corrected chi connectivity index (χ4v) is 4.38. The summed E-state index contributed by atoms with van der Waals surface area (Å²) >= 11 is 0. The summed E-state index contributed by atoms with van der Waals surface area (Å²) in [7, 11) is 0. The first-order chi connectivity index (χ1) is 14.8. The predicted molar refractivity (Wildman–Crippen MR) is 119 cm³/mol. The van der Waals surface area contributed by atoms with Gasteiger partial charge >= 0.3 is 6.09 Å². The summed E-state index contributed by atoms with van der Waals surface area (Å²) in [4.78, 5) is 16.7. The zero-order valence-corrected chi connectivity index (χ0v) is 19.1. The highest BCUT2D eigenvalue weighted by Gasteiger charge is 2.33. The molecule has 0 unspecified atom stereocenters. The lowest BCUT2D eigenvalue weighted by Crippen LogP contribution is -2.39. The quantitative estimate of drug-likeness (QED) is 0.755. The van der Waals surface area contributed by atoms with Crippen molar-refractivity contribution in [2.75, 3.05) is 19.8 Å². The molecule has 4 rings (SSSR count). The molecular formula is C24H34N4O3. The smallest absolute Gasteiger partial charge is 0.407 e. The highest BCUT2D eigenvalue weighted by Crippen LogP contribution is 2.40.